The van der Waals surface area contributed by atoms with Crippen LogP contribution in [0.2, 0.25) is 0 Å². The maximum atomic E-state index is 13.5. The van der Waals surface area contributed by atoms with E-state index in [0.717, 1.165) is 5.56 Å². The summed E-state index contributed by atoms with van der Waals surface area (Å²) in [5.41, 5.74) is 0.786. The van der Waals surface area contributed by atoms with E-state index < -0.39 is 16.3 Å². The van der Waals surface area contributed by atoms with Gasteiger partial charge >= 0.3 is 0 Å². The van der Waals surface area contributed by atoms with Crippen molar-refractivity contribution in [3.8, 4) is 0 Å². The third kappa shape index (κ3) is 2.76. The van der Waals surface area contributed by atoms with Gasteiger partial charge in [-0.05, 0) is 19.4 Å². The fraction of sp³-hybridized carbons (Fsp3) is 0.400. The topological polar surface area (TPSA) is 54.4 Å². The second kappa shape index (κ2) is 4.28. The molecule has 1 rings (SSSR count). The summed E-state index contributed by atoms with van der Waals surface area (Å²) >= 11 is 0. The minimum atomic E-state index is -4.35. The van der Waals surface area contributed by atoms with Crippen molar-refractivity contribution in [2.75, 3.05) is 0 Å². The third-order valence-corrected chi connectivity index (χ3v) is 3.07. The lowest BCUT2D eigenvalue weighted by molar-refractivity contribution is 0.328. The molecule has 1 aromatic carbocycles. The van der Waals surface area contributed by atoms with Crippen molar-refractivity contribution in [2.45, 2.75) is 31.3 Å². The zero-order valence-electron chi connectivity index (χ0n) is 8.57. The molecule has 0 saturated heterocycles. The van der Waals surface area contributed by atoms with E-state index in [-0.39, 0.29) is 16.9 Å². The number of alkyl halides is 1. The predicted molar refractivity (Wildman–Crippen MR) is 55.1 cm³/mol. The molecule has 1 atom stereocenters. The summed E-state index contributed by atoms with van der Waals surface area (Å²) in [4.78, 5) is -0.345. The molecule has 0 heterocycles. The molecule has 0 aliphatic carbocycles. The van der Waals surface area contributed by atoms with Crippen LogP contribution in [-0.4, -0.2) is 13.0 Å². The van der Waals surface area contributed by atoms with Crippen molar-refractivity contribution in [3.63, 3.8) is 0 Å². The molecular formula is C10H13FO3S. The van der Waals surface area contributed by atoms with Gasteiger partial charge in [0.2, 0.25) is 0 Å². The number of halogens is 1. The summed E-state index contributed by atoms with van der Waals surface area (Å²) in [6, 6.07) is 4.19. The molecule has 0 amide bonds. The summed E-state index contributed by atoms with van der Waals surface area (Å²) < 4.78 is 44.3. The maximum absolute atomic E-state index is 13.5. The maximum Gasteiger partial charge on any atom is 0.294 e. The zero-order chi connectivity index (χ0) is 11.6. The van der Waals surface area contributed by atoms with Gasteiger partial charge in [-0.15, -0.1) is 0 Å². The van der Waals surface area contributed by atoms with Crippen LogP contribution in [0.15, 0.2) is 23.1 Å². The van der Waals surface area contributed by atoms with Crippen LogP contribution in [-0.2, 0) is 10.1 Å². The molecule has 0 saturated carbocycles. The van der Waals surface area contributed by atoms with Crippen LogP contribution in [0.4, 0.5) is 4.39 Å². The summed E-state index contributed by atoms with van der Waals surface area (Å²) in [6.07, 6.45) is -1.20. The largest absolute Gasteiger partial charge is 0.294 e. The molecule has 0 aliphatic heterocycles. The van der Waals surface area contributed by atoms with E-state index in [9.17, 15) is 12.8 Å². The van der Waals surface area contributed by atoms with Gasteiger partial charge in [-0.2, -0.15) is 8.42 Å². The number of aryl methyl sites for hydroxylation is 1. The second-order valence-electron chi connectivity index (χ2n) is 3.39. The minimum Gasteiger partial charge on any atom is -0.282 e. The van der Waals surface area contributed by atoms with Crippen LogP contribution in [0, 0.1) is 6.92 Å². The average Bonchev–Trinajstić information content (AvgIpc) is 2.14. The molecule has 0 aliphatic rings. The molecule has 15 heavy (non-hydrogen) atoms. The average molecular weight is 232 g/mol. The van der Waals surface area contributed by atoms with Gasteiger partial charge in [-0.1, -0.05) is 24.6 Å². The lowest BCUT2D eigenvalue weighted by Crippen LogP contribution is -2.05. The monoisotopic (exact) mass is 232 g/mol. The molecule has 1 N–H and O–H groups in total. The predicted octanol–water partition coefficient (Wildman–Crippen LogP) is 2.66. The normalized spacial score (nSPS) is 13.9. The van der Waals surface area contributed by atoms with E-state index in [1.807, 2.05) is 0 Å². The highest BCUT2D eigenvalue weighted by atomic mass is 32.2. The molecule has 0 bridgehead atoms. The van der Waals surface area contributed by atoms with Gasteiger partial charge in [0.1, 0.15) is 6.17 Å². The first-order valence-corrected chi connectivity index (χ1v) is 6.02. The Hall–Kier alpha value is -0.940. The molecule has 84 valence electrons. The summed E-state index contributed by atoms with van der Waals surface area (Å²) in [7, 11) is -4.35. The Labute approximate surface area is 88.7 Å². The highest BCUT2D eigenvalue weighted by Crippen LogP contribution is 2.28. The fourth-order valence-corrected chi connectivity index (χ4v) is 2.09. The van der Waals surface area contributed by atoms with E-state index >= 15 is 0 Å². The van der Waals surface area contributed by atoms with Crippen LogP contribution in [0.1, 0.15) is 30.6 Å². The van der Waals surface area contributed by atoms with Crippen molar-refractivity contribution >= 4 is 10.1 Å². The van der Waals surface area contributed by atoms with Crippen molar-refractivity contribution in [1.82, 2.24) is 0 Å². The Balaban J connectivity index is 3.40. The van der Waals surface area contributed by atoms with Gasteiger partial charge in [-0.3, -0.25) is 4.55 Å². The van der Waals surface area contributed by atoms with Gasteiger partial charge in [0.25, 0.3) is 10.1 Å². The van der Waals surface area contributed by atoms with Gasteiger partial charge in [0, 0.05) is 5.56 Å². The summed E-state index contributed by atoms with van der Waals surface area (Å²) in [5.74, 6) is 0. The first-order chi connectivity index (χ1) is 6.86. The smallest absolute Gasteiger partial charge is 0.282 e. The SMILES string of the molecule is CCC(F)c1cc(C)ccc1S(=O)(=O)O. The van der Waals surface area contributed by atoms with Gasteiger partial charge in [0.15, 0.2) is 0 Å². The summed E-state index contributed by atoms with van der Waals surface area (Å²) in [6.45, 7) is 3.35. The lowest BCUT2D eigenvalue weighted by atomic mass is 10.1. The van der Waals surface area contributed by atoms with Crippen molar-refractivity contribution < 1.29 is 17.4 Å². The fourth-order valence-electron chi connectivity index (χ4n) is 1.37. The van der Waals surface area contributed by atoms with E-state index in [1.54, 1.807) is 13.8 Å². The number of rotatable bonds is 3. The van der Waals surface area contributed by atoms with E-state index in [0.29, 0.717) is 0 Å². The minimum absolute atomic E-state index is 0.0278. The second-order valence-corrected chi connectivity index (χ2v) is 4.78. The van der Waals surface area contributed by atoms with E-state index in [1.165, 1.54) is 18.2 Å². The Bertz CT molecular complexity index is 454. The molecule has 0 radical (unpaired) electrons. The van der Waals surface area contributed by atoms with Crippen molar-refractivity contribution in [1.29, 1.82) is 0 Å². The van der Waals surface area contributed by atoms with E-state index in [4.69, 9.17) is 4.55 Å². The number of benzene rings is 1. The number of hydrogen-bond donors (Lipinski definition) is 1. The van der Waals surface area contributed by atoms with Crippen LogP contribution in [0.25, 0.3) is 0 Å². The molecule has 5 heteroatoms. The first-order valence-electron chi connectivity index (χ1n) is 4.58. The van der Waals surface area contributed by atoms with Crippen LogP contribution < -0.4 is 0 Å². The van der Waals surface area contributed by atoms with Gasteiger partial charge in [0.05, 0.1) is 4.90 Å². The van der Waals surface area contributed by atoms with Gasteiger partial charge in [-0.25, -0.2) is 4.39 Å². The Morgan fingerprint density at radius 2 is 2.07 bits per heavy atom. The standard InChI is InChI=1S/C10H13FO3S/c1-3-9(11)8-6-7(2)4-5-10(8)15(12,13)14/h4-6,9H,3H2,1-2H3,(H,12,13,14). The first kappa shape index (κ1) is 12.1. The van der Waals surface area contributed by atoms with Gasteiger partial charge < -0.3 is 0 Å². The molecule has 1 aromatic rings. The zero-order valence-corrected chi connectivity index (χ0v) is 9.38. The molecule has 3 nitrogen and oxygen atoms in total. The highest BCUT2D eigenvalue weighted by Gasteiger charge is 2.20. The Morgan fingerprint density at radius 1 is 1.47 bits per heavy atom. The molecule has 1 unspecified atom stereocenters. The van der Waals surface area contributed by atoms with Crippen LogP contribution in [0.3, 0.4) is 0 Å². The van der Waals surface area contributed by atoms with E-state index in [2.05, 4.69) is 0 Å². The van der Waals surface area contributed by atoms with Crippen LogP contribution in [0.5, 0.6) is 0 Å². The molecule has 0 aromatic heterocycles. The Kier molecular flexibility index (Phi) is 3.46. The number of hydrogen-bond acceptors (Lipinski definition) is 2. The molecular weight excluding hydrogens is 219 g/mol. The van der Waals surface area contributed by atoms with Crippen molar-refractivity contribution in [2.24, 2.45) is 0 Å². The Morgan fingerprint density at radius 3 is 2.53 bits per heavy atom. The third-order valence-electron chi connectivity index (χ3n) is 2.14. The molecule has 0 fully saturated rings. The molecule has 0 spiro atoms. The quantitative estimate of drug-likeness (QED) is 0.815. The van der Waals surface area contributed by atoms with Crippen molar-refractivity contribution in [3.05, 3.63) is 29.3 Å². The lowest BCUT2D eigenvalue weighted by Gasteiger charge is -2.10. The summed E-state index contributed by atoms with van der Waals surface area (Å²) in [5, 5.41) is 0. The highest BCUT2D eigenvalue weighted by molar-refractivity contribution is 7.85. The van der Waals surface area contributed by atoms with Crippen LogP contribution >= 0.6 is 0 Å².